The third-order valence-electron chi connectivity index (χ3n) is 3.13. The first-order valence-corrected chi connectivity index (χ1v) is 5.39. The normalized spacial score (nSPS) is 29.8. The number of carbonyl (C=O) groups is 1. The van der Waals surface area contributed by atoms with E-state index in [1.807, 2.05) is 0 Å². The van der Waals surface area contributed by atoms with Gasteiger partial charge in [-0.3, -0.25) is 4.79 Å². The Kier molecular flexibility index (Phi) is 3.39. The van der Waals surface area contributed by atoms with Crippen LogP contribution in [0.2, 0.25) is 0 Å². The predicted molar refractivity (Wildman–Crippen MR) is 56.2 cm³/mol. The van der Waals surface area contributed by atoms with Gasteiger partial charge in [0.05, 0.1) is 0 Å². The van der Waals surface area contributed by atoms with Crippen LogP contribution in [0.3, 0.4) is 0 Å². The molecule has 0 aromatic heterocycles. The monoisotopic (exact) mass is 274 g/mol. The van der Waals surface area contributed by atoms with E-state index in [0.717, 1.165) is 0 Å². The summed E-state index contributed by atoms with van der Waals surface area (Å²) >= 11 is 10.6. The minimum atomic E-state index is -4.57. The smallest absolute Gasteiger partial charge is 0.281 e. The van der Waals surface area contributed by atoms with Crippen LogP contribution in [0.5, 0.6) is 0 Å². The second-order valence-electron chi connectivity index (χ2n) is 4.58. The van der Waals surface area contributed by atoms with Gasteiger partial charge in [0.2, 0.25) is 5.24 Å². The zero-order chi connectivity index (χ0) is 12.9. The van der Waals surface area contributed by atoms with Crippen LogP contribution in [0, 0.1) is 17.3 Å². The molecule has 0 amide bonds. The molecule has 1 saturated carbocycles. The molecule has 0 bridgehead atoms. The first-order valence-electron chi connectivity index (χ1n) is 4.64. The van der Waals surface area contributed by atoms with E-state index < -0.39 is 33.7 Å². The van der Waals surface area contributed by atoms with E-state index in [4.69, 9.17) is 23.2 Å². The number of allylic oxidation sites excluding steroid dienone is 2. The number of hydrogen-bond acceptors (Lipinski definition) is 1. The van der Waals surface area contributed by atoms with E-state index in [2.05, 4.69) is 0 Å². The lowest BCUT2D eigenvalue weighted by Crippen LogP contribution is -2.10. The summed E-state index contributed by atoms with van der Waals surface area (Å²) in [7, 11) is 0. The SMILES string of the molecule is C/C(=C(/Cl)C(F)(F)F)[C@H]1[C@@H](C(=O)Cl)C1(C)C. The van der Waals surface area contributed by atoms with Gasteiger partial charge in [-0.15, -0.1) is 0 Å². The van der Waals surface area contributed by atoms with E-state index in [1.54, 1.807) is 13.8 Å². The molecule has 0 N–H and O–H groups in total. The summed E-state index contributed by atoms with van der Waals surface area (Å²) in [6, 6.07) is 0. The largest absolute Gasteiger partial charge is 0.426 e. The maximum Gasteiger partial charge on any atom is 0.426 e. The molecule has 0 aromatic rings. The number of rotatable bonds is 2. The highest BCUT2D eigenvalue weighted by Gasteiger charge is 2.62. The summed E-state index contributed by atoms with van der Waals surface area (Å²) in [5.74, 6) is -1.10. The maximum atomic E-state index is 12.4. The van der Waals surface area contributed by atoms with E-state index in [9.17, 15) is 18.0 Å². The molecule has 6 heteroatoms. The lowest BCUT2D eigenvalue weighted by molar-refractivity contribution is -0.113. The summed E-state index contributed by atoms with van der Waals surface area (Å²) < 4.78 is 37.1. The Balaban J connectivity index is 3.03. The van der Waals surface area contributed by atoms with Gasteiger partial charge in [0.15, 0.2) is 0 Å². The standard InChI is InChI=1S/C10H11Cl2F3O/c1-4(7(11)10(13,14)15)5-6(8(12)16)9(5,2)3/h5-6H,1-3H3/b7-4-/t5-,6-/m0/s1. The van der Waals surface area contributed by atoms with E-state index in [-0.39, 0.29) is 5.57 Å². The lowest BCUT2D eigenvalue weighted by Gasteiger charge is -2.10. The van der Waals surface area contributed by atoms with Crippen molar-refractivity contribution >= 4 is 28.4 Å². The van der Waals surface area contributed by atoms with Crippen LogP contribution in [0.25, 0.3) is 0 Å². The molecule has 1 nitrogen and oxygen atoms in total. The van der Waals surface area contributed by atoms with Gasteiger partial charge in [-0.05, 0) is 35.4 Å². The van der Waals surface area contributed by atoms with Crippen molar-refractivity contribution in [3.05, 3.63) is 10.6 Å². The van der Waals surface area contributed by atoms with Crippen LogP contribution in [0.4, 0.5) is 13.2 Å². The van der Waals surface area contributed by atoms with Crippen molar-refractivity contribution in [3.8, 4) is 0 Å². The van der Waals surface area contributed by atoms with Crippen molar-refractivity contribution in [2.24, 2.45) is 17.3 Å². The van der Waals surface area contributed by atoms with Gasteiger partial charge >= 0.3 is 6.18 Å². The molecule has 0 saturated heterocycles. The average molecular weight is 275 g/mol. The molecule has 0 aromatic carbocycles. The highest BCUT2D eigenvalue weighted by molar-refractivity contribution is 6.64. The summed E-state index contributed by atoms with van der Waals surface area (Å²) in [5.41, 5.74) is -0.563. The second-order valence-corrected chi connectivity index (χ2v) is 5.33. The zero-order valence-electron chi connectivity index (χ0n) is 8.95. The van der Waals surface area contributed by atoms with Crippen molar-refractivity contribution in [3.63, 3.8) is 0 Å². The number of halogens is 5. The van der Waals surface area contributed by atoms with E-state index in [0.29, 0.717) is 0 Å². The quantitative estimate of drug-likeness (QED) is 0.693. The van der Waals surface area contributed by atoms with Crippen molar-refractivity contribution in [1.29, 1.82) is 0 Å². The van der Waals surface area contributed by atoms with Crippen LogP contribution in [0.15, 0.2) is 10.6 Å². The molecule has 92 valence electrons. The Morgan fingerprint density at radius 1 is 1.19 bits per heavy atom. The first kappa shape index (κ1) is 13.8. The Morgan fingerprint density at radius 2 is 1.62 bits per heavy atom. The topological polar surface area (TPSA) is 17.1 Å². The highest BCUT2D eigenvalue weighted by Crippen LogP contribution is 2.63. The third kappa shape index (κ3) is 2.23. The molecular formula is C10H11Cl2F3O. The van der Waals surface area contributed by atoms with E-state index in [1.165, 1.54) is 6.92 Å². The molecule has 16 heavy (non-hydrogen) atoms. The average Bonchev–Trinajstić information content (AvgIpc) is 2.65. The predicted octanol–water partition coefficient (Wildman–Crippen LogP) is 4.10. The number of carbonyl (C=O) groups excluding carboxylic acids is 1. The van der Waals surface area contributed by atoms with Crippen LogP contribution in [-0.4, -0.2) is 11.4 Å². The number of alkyl halides is 3. The first-order chi connectivity index (χ1) is 7.01. The fourth-order valence-corrected chi connectivity index (χ4v) is 2.75. The van der Waals surface area contributed by atoms with Gasteiger partial charge in [0.25, 0.3) is 0 Å². The van der Waals surface area contributed by atoms with Gasteiger partial charge in [0.1, 0.15) is 5.03 Å². The Morgan fingerprint density at radius 3 is 1.88 bits per heavy atom. The second kappa shape index (κ2) is 3.91. The van der Waals surface area contributed by atoms with Crippen molar-refractivity contribution in [2.45, 2.75) is 26.9 Å². The fraction of sp³-hybridized carbons (Fsp3) is 0.700. The summed E-state index contributed by atoms with van der Waals surface area (Å²) in [5, 5.41) is -1.76. The van der Waals surface area contributed by atoms with Crippen molar-refractivity contribution < 1.29 is 18.0 Å². The highest BCUT2D eigenvalue weighted by atomic mass is 35.5. The molecule has 2 atom stereocenters. The minimum Gasteiger partial charge on any atom is -0.281 e. The fourth-order valence-electron chi connectivity index (χ4n) is 2.23. The van der Waals surface area contributed by atoms with E-state index >= 15 is 0 Å². The van der Waals surface area contributed by atoms with Crippen molar-refractivity contribution in [2.75, 3.05) is 0 Å². The Hall–Kier alpha value is -0.220. The molecule has 1 aliphatic carbocycles. The van der Waals surface area contributed by atoms with Gasteiger partial charge in [-0.2, -0.15) is 13.2 Å². The van der Waals surface area contributed by atoms with Crippen molar-refractivity contribution in [1.82, 2.24) is 0 Å². The molecule has 1 fully saturated rings. The van der Waals surface area contributed by atoms with Gasteiger partial charge in [-0.1, -0.05) is 25.4 Å². The zero-order valence-corrected chi connectivity index (χ0v) is 10.5. The molecule has 1 aliphatic rings. The number of hydrogen-bond donors (Lipinski definition) is 0. The molecule has 0 spiro atoms. The minimum absolute atomic E-state index is 0.0156. The molecule has 0 aliphatic heterocycles. The molecule has 0 radical (unpaired) electrons. The molecule has 0 unspecified atom stereocenters. The molecule has 1 rings (SSSR count). The van der Waals surface area contributed by atoms with Crippen LogP contribution in [0.1, 0.15) is 20.8 Å². The van der Waals surface area contributed by atoms with Gasteiger partial charge in [-0.25, -0.2) is 0 Å². The van der Waals surface area contributed by atoms with Crippen LogP contribution in [-0.2, 0) is 4.79 Å². The third-order valence-corrected chi connectivity index (χ3v) is 3.88. The Bertz CT molecular complexity index is 358. The maximum absolute atomic E-state index is 12.4. The van der Waals surface area contributed by atoms with Gasteiger partial charge < -0.3 is 0 Å². The Labute approximate surface area is 102 Å². The lowest BCUT2D eigenvalue weighted by atomic mass is 10.0. The molecular weight excluding hydrogens is 264 g/mol. The van der Waals surface area contributed by atoms with Gasteiger partial charge in [0, 0.05) is 5.92 Å². The summed E-state index contributed by atoms with van der Waals surface area (Å²) in [6.07, 6.45) is -4.57. The van der Waals surface area contributed by atoms with Crippen LogP contribution >= 0.6 is 23.2 Å². The summed E-state index contributed by atoms with van der Waals surface area (Å²) in [6.45, 7) is 4.70. The summed E-state index contributed by atoms with van der Waals surface area (Å²) in [4.78, 5) is 11.0. The molecule has 0 heterocycles. The van der Waals surface area contributed by atoms with Crippen LogP contribution < -0.4 is 0 Å².